The van der Waals surface area contributed by atoms with Crippen molar-refractivity contribution >= 4 is 29.0 Å². The summed E-state index contributed by atoms with van der Waals surface area (Å²) < 4.78 is 5.37. The number of ether oxygens (including phenoxy) is 1. The lowest BCUT2D eigenvalue weighted by atomic mass is 9.73. The number of amides is 1. The maximum absolute atomic E-state index is 13.2. The summed E-state index contributed by atoms with van der Waals surface area (Å²) in [4.78, 5) is 36.5. The SMILES string of the molecule is CCOc1cc(C2CC(=O)NC3=C2C(=O)CC(c2ccccc2Cl)C3)cc([N+](=O)[O-])c1O. The molecule has 2 unspecified atom stereocenters. The number of benzene rings is 2. The van der Waals surface area contributed by atoms with Crippen LogP contribution in [0.25, 0.3) is 0 Å². The number of nitrogens with one attached hydrogen (secondary N) is 1. The third kappa shape index (κ3) is 3.93. The Morgan fingerprint density at radius 2 is 1.97 bits per heavy atom. The molecule has 32 heavy (non-hydrogen) atoms. The molecule has 2 aliphatic rings. The summed E-state index contributed by atoms with van der Waals surface area (Å²) in [6, 6.07) is 9.96. The van der Waals surface area contributed by atoms with E-state index in [1.165, 1.54) is 12.1 Å². The molecular formula is C23H21ClN2O6. The molecule has 0 bridgehead atoms. The smallest absolute Gasteiger partial charge is 0.314 e. The van der Waals surface area contributed by atoms with Crippen molar-refractivity contribution in [3.8, 4) is 11.5 Å². The van der Waals surface area contributed by atoms with Gasteiger partial charge in [0.2, 0.25) is 11.7 Å². The molecule has 2 aromatic rings. The number of hydrogen-bond acceptors (Lipinski definition) is 6. The summed E-state index contributed by atoms with van der Waals surface area (Å²) >= 11 is 6.33. The highest BCUT2D eigenvalue weighted by atomic mass is 35.5. The fraction of sp³-hybridized carbons (Fsp3) is 0.304. The predicted molar refractivity (Wildman–Crippen MR) is 117 cm³/mol. The highest BCUT2D eigenvalue weighted by Gasteiger charge is 2.39. The van der Waals surface area contributed by atoms with E-state index < -0.39 is 22.3 Å². The van der Waals surface area contributed by atoms with E-state index in [0.717, 1.165) is 5.56 Å². The fourth-order valence-electron chi connectivity index (χ4n) is 4.49. The van der Waals surface area contributed by atoms with Crippen molar-refractivity contribution in [3.05, 3.63) is 73.9 Å². The van der Waals surface area contributed by atoms with Crippen LogP contribution in [0, 0.1) is 10.1 Å². The Morgan fingerprint density at radius 1 is 1.22 bits per heavy atom. The lowest BCUT2D eigenvalue weighted by Gasteiger charge is -2.34. The van der Waals surface area contributed by atoms with Gasteiger partial charge in [-0.1, -0.05) is 29.8 Å². The van der Waals surface area contributed by atoms with Gasteiger partial charge in [0, 0.05) is 41.1 Å². The van der Waals surface area contributed by atoms with E-state index in [4.69, 9.17) is 16.3 Å². The molecular weight excluding hydrogens is 436 g/mol. The highest BCUT2D eigenvalue weighted by Crippen LogP contribution is 2.46. The van der Waals surface area contributed by atoms with Crippen LogP contribution in [0.2, 0.25) is 5.02 Å². The number of aromatic hydroxyl groups is 1. The van der Waals surface area contributed by atoms with E-state index in [9.17, 15) is 24.8 Å². The number of allylic oxidation sites excluding steroid dienone is 2. The normalized spacial score (nSPS) is 20.6. The molecule has 9 heteroatoms. The minimum atomic E-state index is -0.713. The first-order valence-electron chi connectivity index (χ1n) is 10.2. The number of nitrogens with zero attached hydrogens (tertiary/aromatic N) is 1. The molecule has 2 aromatic carbocycles. The van der Waals surface area contributed by atoms with Crippen LogP contribution in [0.5, 0.6) is 11.5 Å². The van der Waals surface area contributed by atoms with E-state index in [2.05, 4.69) is 5.32 Å². The molecule has 166 valence electrons. The van der Waals surface area contributed by atoms with Gasteiger partial charge in [-0.25, -0.2) is 0 Å². The number of nitro benzene ring substituents is 1. The number of carbonyl (C=O) groups is 2. The van der Waals surface area contributed by atoms with Crippen LogP contribution in [0.4, 0.5) is 5.69 Å². The molecule has 1 aliphatic carbocycles. The summed E-state index contributed by atoms with van der Waals surface area (Å²) in [6.07, 6.45) is 0.605. The van der Waals surface area contributed by atoms with Crippen molar-refractivity contribution < 1.29 is 24.4 Å². The first-order valence-corrected chi connectivity index (χ1v) is 10.6. The first-order chi connectivity index (χ1) is 15.3. The first kappa shape index (κ1) is 21.8. The average Bonchev–Trinajstić information content (AvgIpc) is 2.74. The zero-order valence-corrected chi connectivity index (χ0v) is 18.0. The van der Waals surface area contributed by atoms with Gasteiger partial charge in [-0.05, 0) is 42.5 Å². The van der Waals surface area contributed by atoms with Gasteiger partial charge in [-0.15, -0.1) is 0 Å². The number of phenols is 1. The van der Waals surface area contributed by atoms with Gasteiger partial charge in [-0.2, -0.15) is 0 Å². The number of nitro groups is 1. The fourth-order valence-corrected chi connectivity index (χ4v) is 4.78. The molecule has 8 nitrogen and oxygen atoms in total. The largest absolute Gasteiger partial charge is 0.500 e. The molecule has 2 N–H and O–H groups in total. The third-order valence-electron chi connectivity index (χ3n) is 5.86. The number of hydrogen-bond donors (Lipinski definition) is 2. The molecule has 0 saturated heterocycles. The lowest BCUT2D eigenvalue weighted by Crippen LogP contribution is -2.38. The van der Waals surface area contributed by atoms with E-state index in [0.29, 0.717) is 28.3 Å². The monoisotopic (exact) mass is 456 g/mol. The zero-order chi connectivity index (χ0) is 23.0. The van der Waals surface area contributed by atoms with Crippen LogP contribution in [0.3, 0.4) is 0 Å². The van der Waals surface area contributed by atoms with Crippen LogP contribution < -0.4 is 10.1 Å². The third-order valence-corrected chi connectivity index (χ3v) is 6.20. The molecule has 1 amide bonds. The molecule has 4 rings (SSSR count). The Morgan fingerprint density at radius 3 is 2.66 bits per heavy atom. The number of rotatable bonds is 5. The molecule has 0 aromatic heterocycles. The summed E-state index contributed by atoms with van der Waals surface area (Å²) in [5.74, 6) is -1.91. The van der Waals surface area contributed by atoms with E-state index >= 15 is 0 Å². The number of carbonyl (C=O) groups excluding carboxylic acids is 2. The van der Waals surface area contributed by atoms with E-state index in [-0.39, 0.29) is 42.8 Å². The van der Waals surface area contributed by atoms with Gasteiger partial charge in [0.15, 0.2) is 11.5 Å². The van der Waals surface area contributed by atoms with Crippen molar-refractivity contribution in [2.24, 2.45) is 0 Å². The summed E-state index contributed by atoms with van der Waals surface area (Å²) in [5.41, 5.74) is 1.64. The van der Waals surface area contributed by atoms with Crippen LogP contribution in [0.15, 0.2) is 47.7 Å². The van der Waals surface area contributed by atoms with Crippen molar-refractivity contribution in [2.75, 3.05) is 6.61 Å². The number of halogens is 1. The summed E-state index contributed by atoms with van der Waals surface area (Å²) in [6.45, 7) is 1.87. The Balaban J connectivity index is 1.79. The Hall–Kier alpha value is -3.39. The molecule has 1 aliphatic heterocycles. The van der Waals surface area contributed by atoms with Crippen molar-refractivity contribution in [2.45, 2.75) is 38.0 Å². The minimum absolute atomic E-state index is 0.0329. The predicted octanol–water partition coefficient (Wildman–Crippen LogP) is 4.36. The number of Topliss-reactive ketones (excluding diaryl/α,β-unsaturated/α-hetero) is 1. The molecule has 1 heterocycles. The molecule has 0 fully saturated rings. The van der Waals surface area contributed by atoms with Crippen LogP contribution in [-0.4, -0.2) is 28.3 Å². The molecule has 2 atom stereocenters. The van der Waals surface area contributed by atoms with E-state index in [1.54, 1.807) is 13.0 Å². The van der Waals surface area contributed by atoms with Crippen molar-refractivity contribution in [1.82, 2.24) is 5.32 Å². The Labute approximate surface area is 189 Å². The topological polar surface area (TPSA) is 119 Å². The van der Waals surface area contributed by atoms with Crippen molar-refractivity contribution in [1.29, 1.82) is 0 Å². The van der Waals surface area contributed by atoms with E-state index in [1.807, 2.05) is 18.2 Å². The number of ketones is 1. The van der Waals surface area contributed by atoms with Gasteiger partial charge < -0.3 is 15.2 Å². The van der Waals surface area contributed by atoms with Crippen LogP contribution in [0.1, 0.15) is 49.1 Å². The minimum Gasteiger partial charge on any atom is -0.500 e. The van der Waals surface area contributed by atoms with Crippen LogP contribution >= 0.6 is 11.6 Å². The maximum atomic E-state index is 13.2. The van der Waals surface area contributed by atoms with Crippen LogP contribution in [-0.2, 0) is 9.59 Å². The van der Waals surface area contributed by atoms with Gasteiger partial charge in [0.25, 0.3) is 0 Å². The zero-order valence-electron chi connectivity index (χ0n) is 17.3. The summed E-state index contributed by atoms with van der Waals surface area (Å²) in [7, 11) is 0. The maximum Gasteiger partial charge on any atom is 0.314 e. The second-order valence-electron chi connectivity index (χ2n) is 7.82. The Kier molecular flexibility index (Phi) is 5.88. The number of phenolic OH excluding ortho intramolecular Hbond substituents is 1. The average molecular weight is 457 g/mol. The summed E-state index contributed by atoms with van der Waals surface area (Å²) in [5, 5.41) is 25.1. The molecule has 0 saturated carbocycles. The second-order valence-corrected chi connectivity index (χ2v) is 8.23. The van der Waals surface area contributed by atoms with Gasteiger partial charge in [-0.3, -0.25) is 19.7 Å². The molecule has 0 radical (unpaired) electrons. The highest BCUT2D eigenvalue weighted by molar-refractivity contribution is 6.31. The molecule has 0 spiro atoms. The lowest BCUT2D eigenvalue weighted by molar-refractivity contribution is -0.386. The quantitative estimate of drug-likeness (QED) is 0.509. The van der Waals surface area contributed by atoms with Gasteiger partial charge in [0.05, 0.1) is 11.5 Å². The van der Waals surface area contributed by atoms with Gasteiger partial charge in [0.1, 0.15) is 0 Å². The Bertz CT molecular complexity index is 1160. The van der Waals surface area contributed by atoms with Crippen molar-refractivity contribution in [3.63, 3.8) is 0 Å². The second kappa shape index (κ2) is 8.63. The standard InChI is InChI=1S/C23H21ClN2O6/c1-2-32-20-10-13(8-18(23(20)29)26(30)31)15-11-21(28)25-17-7-12(9-19(27)22(15)17)14-5-3-4-6-16(14)24/h3-6,8,10,12,15,29H,2,7,9,11H2,1H3,(H,25,28). The van der Waals surface area contributed by atoms with Gasteiger partial charge >= 0.3 is 5.69 Å².